The lowest BCUT2D eigenvalue weighted by Gasteiger charge is -2.27. The highest BCUT2D eigenvalue weighted by Gasteiger charge is 2.20. The number of benzene rings is 1. The summed E-state index contributed by atoms with van der Waals surface area (Å²) in [5.74, 6) is 0.895. The van der Waals surface area contributed by atoms with E-state index in [1.807, 2.05) is 0 Å². The van der Waals surface area contributed by atoms with Crippen LogP contribution in [0.25, 0.3) is 0 Å². The first-order valence-electron chi connectivity index (χ1n) is 6.83. The van der Waals surface area contributed by atoms with Gasteiger partial charge in [-0.15, -0.1) is 0 Å². The van der Waals surface area contributed by atoms with E-state index >= 15 is 0 Å². The van der Waals surface area contributed by atoms with E-state index in [2.05, 4.69) is 62.4 Å². The second-order valence-electron chi connectivity index (χ2n) is 5.25. The first-order valence-corrected chi connectivity index (χ1v) is 8.41. The normalized spacial score (nSPS) is 18.8. The van der Waals surface area contributed by atoms with Crippen LogP contribution < -0.4 is 5.32 Å². The van der Waals surface area contributed by atoms with Gasteiger partial charge in [0.15, 0.2) is 0 Å². The summed E-state index contributed by atoms with van der Waals surface area (Å²) in [6, 6.07) is 6.96. The molecule has 1 aromatic rings. The third kappa shape index (κ3) is 3.82. The maximum atomic E-state index is 3.68. The molecule has 0 radical (unpaired) electrons. The van der Waals surface area contributed by atoms with E-state index in [1.165, 1.54) is 48.6 Å². The summed E-state index contributed by atoms with van der Waals surface area (Å²) < 4.78 is 2.33. The Morgan fingerprint density at radius 3 is 2.56 bits per heavy atom. The van der Waals surface area contributed by atoms with Crippen LogP contribution in [0, 0.1) is 5.92 Å². The highest BCUT2D eigenvalue weighted by molar-refractivity contribution is 9.11. The molecule has 0 bridgehead atoms. The van der Waals surface area contributed by atoms with Crippen molar-refractivity contribution in [1.82, 2.24) is 5.32 Å². The Morgan fingerprint density at radius 1 is 1.22 bits per heavy atom. The molecule has 1 saturated carbocycles. The third-order valence-electron chi connectivity index (χ3n) is 3.98. The Balaban J connectivity index is 2.07. The van der Waals surface area contributed by atoms with Crippen LogP contribution in [-0.4, -0.2) is 7.05 Å². The molecule has 1 nitrogen and oxygen atoms in total. The fourth-order valence-electron chi connectivity index (χ4n) is 2.94. The van der Waals surface area contributed by atoms with Crippen molar-refractivity contribution in [3.8, 4) is 0 Å². The van der Waals surface area contributed by atoms with Gasteiger partial charge in [0.25, 0.3) is 0 Å². The molecule has 3 heteroatoms. The topological polar surface area (TPSA) is 12.0 Å². The van der Waals surface area contributed by atoms with Crippen molar-refractivity contribution in [3.63, 3.8) is 0 Å². The molecule has 0 saturated heterocycles. The minimum atomic E-state index is 0.468. The van der Waals surface area contributed by atoms with E-state index in [9.17, 15) is 0 Å². The van der Waals surface area contributed by atoms with E-state index < -0.39 is 0 Å². The van der Waals surface area contributed by atoms with Crippen molar-refractivity contribution < 1.29 is 0 Å². The van der Waals surface area contributed by atoms with E-state index in [-0.39, 0.29) is 0 Å². The van der Waals surface area contributed by atoms with Gasteiger partial charge in [0, 0.05) is 15.0 Å². The van der Waals surface area contributed by atoms with Crippen LogP contribution in [0.5, 0.6) is 0 Å². The zero-order valence-electron chi connectivity index (χ0n) is 10.9. The number of rotatable bonds is 4. The van der Waals surface area contributed by atoms with Gasteiger partial charge >= 0.3 is 0 Å². The fourth-order valence-corrected chi connectivity index (χ4v) is 4.26. The van der Waals surface area contributed by atoms with Gasteiger partial charge < -0.3 is 5.32 Å². The van der Waals surface area contributed by atoms with Gasteiger partial charge in [-0.3, -0.25) is 0 Å². The highest BCUT2D eigenvalue weighted by Crippen LogP contribution is 2.34. The van der Waals surface area contributed by atoms with Crippen LogP contribution in [0.15, 0.2) is 27.1 Å². The van der Waals surface area contributed by atoms with Gasteiger partial charge in [-0.2, -0.15) is 0 Å². The Labute approximate surface area is 127 Å². The van der Waals surface area contributed by atoms with E-state index in [0.717, 1.165) is 10.4 Å². The fraction of sp³-hybridized carbons (Fsp3) is 0.600. The lowest BCUT2D eigenvalue weighted by molar-refractivity contribution is 0.305. The molecule has 0 spiro atoms. The molecule has 1 aliphatic carbocycles. The third-order valence-corrected chi connectivity index (χ3v) is 5.16. The molecule has 1 aromatic carbocycles. The largest absolute Gasteiger partial charge is 0.313 e. The van der Waals surface area contributed by atoms with Crippen molar-refractivity contribution >= 4 is 31.9 Å². The van der Waals surface area contributed by atoms with E-state index in [1.54, 1.807) is 0 Å². The summed E-state index contributed by atoms with van der Waals surface area (Å²) in [7, 11) is 2.07. The molecule has 1 N–H and O–H groups in total. The van der Waals surface area contributed by atoms with Crippen LogP contribution in [0.1, 0.15) is 50.1 Å². The van der Waals surface area contributed by atoms with Crippen molar-refractivity contribution in [3.05, 3.63) is 32.7 Å². The monoisotopic (exact) mass is 373 g/mol. The predicted molar refractivity (Wildman–Crippen MR) is 84.8 cm³/mol. The summed E-state index contributed by atoms with van der Waals surface area (Å²) >= 11 is 7.20. The second-order valence-corrected chi connectivity index (χ2v) is 7.02. The molecule has 0 amide bonds. The van der Waals surface area contributed by atoms with Crippen LogP contribution in [0.3, 0.4) is 0 Å². The molecular formula is C15H21Br2N. The van der Waals surface area contributed by atoms with Crippen molar-refractivity contribution in [1.29, 1.82) is 0 Å². The number of hydrogen-bond acceptors (Lipinski definition) is 1. The average molecular weight is 375 g/mol. The van der Waals surface area contributed by atoms with Crippen molar-refractivity contribution in [2.75, 3.05) is 7.05 Å². The Morgan fingerprint density at radius 2 is 1.94 bits per heavy atom. The highest BCUT2D eigenvalue weighted by atomic mass is 79.9. The van der Waals surface area contributed by atoms with Gasteiger partial charge in [0.1, 0.15) is 0 Å². The predicted octanol–water partition coefficient (Wildman–Crippen LogP) is 5.44. The first-order chi connectivity index (χ1) is 8.70. The standard InChI is InChI=1S/C15H21Br2N/c1-18-15(9-11-5-3-2-4-6-11)13-8-7-12(16)10-14(13)17/h7-8,10-11,15,18H,2-6,9H2,1H3. The summed E-state index contributed by atoms with van der Waals surface area (Å²) in [6.07, 6.45) is 8.35. The molecule has 100 valence electrons. The lowest BCUT2D eigenvalue weighted by Crippen LogP contribution is -2.21. The molecule has 1 atom stereocenters. The first kappa shape index (κ1) is 14.5. The Hall–Kier alpha value is 0.140. The van der Waals surface area contributed by atoms with Crippen LogP contribution in [-0.2, 0) is 0 Å². The number of halogens is 2. The summed E-state index contributed by atoms with van der Waals surface area (Å²) in [5.41, 5.74) is 1.38. The number of hydrogen-bond donors (Lipinski definition) is 1. The Bertz CT molecular complexity index is 386. The van der Waals surface area contributed by atoms with Crippen molar-refractivity contribution in [2.45, 2.75) is 44.6 Å². The average Bonchev–Trinajstić information content (AvgIpc) is 2.38. The minimum absolute atomic E-state index is 0.468. The summed E-state index contributed by atoms with van der Waals surface area (Å²) in [5, 5.41) is 3.48. The van der Waals surface area contributed by atoms with E-state index in [0.29, 0.717) is 6.04 Å². The number of nitrogens with one attached hydrogen (secondary N) is 1. The van der Waals surface area contributed by atoms with Crippen LogP contribution >= 0.6 is 31.9 Å². The zero-order valence-corrected chi connectivity index (χ0v) is 14.1. The zero-order chi connectivity index (χ0) is 13.0. The molecule has 1 fully saturated rings. The van der Waals surface area contributed by atoms with Gasteiger partial charge in [-0.25, -0.2) is 0 Å². The van der Waals surface area contributed by atoms with Gasteiger partial charge in [-0.1, -0.05) is 70.0 Å². The summed E-state index contributed by atoms with van der Waals surface area (Å²) in [4.78, 5) is 0. The van der Waals surface area contributed by atoms with Gasteiger partial charge in [-0.05, 0) is 37.1 Å². The molecule has 0 aliphatic heterocycles. The van der Waals surface area contributed by atoms with Crippen molar-refractivity contribution in [2.24, 2.45) is 5.92 Å². The summed E-state index contributed by atoms with van der Waals surface area (Å²) in [6.45, 7) is 0. The maximum Gasteiger partial charge on any atom is 0.0331 e. The molecule has 1 unspecified atom stereocenters. The van der Waals surface area contributed by atoms with Crippen LogP contribution in [0.2, 0.25) is 0 Å². The molecule has 0 aromatic heterocycles. The van der Waals surface area contributed by atoms with Crippen LogP contribution in [0.4, 0.5) is 0 Å². The molecule has 1 aliphatic rings. The minimum Gasteiger partial charge on any atom is -0.313 e. The SMILES string of the molecule is CNC(CC1CCCCC1)c1ccc(Br)cc1Br. The Kier molecular flexibility index (Phi) is 5.71. The molecule has 0 heterocycles. The lowest BCUT2D eigenvalue weighted by atomic mass is 9.83. The van der Waals surface area contributed by atoms with E-state index in [4.69, 9.17) is 0 Å². The van der Waals surface area contributed by atoms with Gasteiger partial charge in [0.2, 0.25) is 0 Å². The van der Waals surface area contributed by atoms with Gasteiger partial charge in [0.05, 0.1) is 0 Å². The molecule has 18 heavy (non-hydrogen) atoms. The molecular weight excluding hydrogens is 354 g/mol. The quantitative estimate of drug-likeness (QED) is 0.739. The maximum absolute atomic E-state index is 3.68. The smallest absolute Gasteiger partial charge is 0.0331 e. The second kappa shape index (κ2) is 7.06. The molecule has 2 rings (SSSR count).